The minimum atomic E-state index is -0.403. The zero-order valence-corrected chi connectivity index (χ0v) is 6.35. The highest BCUT2D eigenvalue weighted by Gasteiger charge is 1.97. The number of halogens is 1. The largest absolute Gasteiger partial charge is 0.276 e. The van der Waals surface area contributed by atoms with Crippen LogP contribution in [-0.2, 0) is 0 Å². The predicted octanol–water partition coefficient (Wildman–Crippen LogP) is 2.37. The van der Waals surface area contributed by atoms with Crippen molar-refractivity contribution >= 4 is 16.8 Å². The van der Waals surface area contributed by atoms with E-state index >= 15 is 0 Å². The van der Waals surface area contributed by atoms with E-state index in [9.17, 15) is 4.79 Å². The lowest BCUT2D eigenvalue weighted by molar-refractivity contribution is 0.108. The highest BCUT2D eigenvalue weighted by atomic mass is 37.0. The van der Waals surface area contributed by atoms with Crippen molar-refractivity contribution in [3.05, 3.63) is 35.4 Å². The minimum Gasteiger partial charge on any atom is -0.276 e. The zero-order chi connectivity index (χ0) is 7.56. The van der Waals surface area contributed by atoms with Crippen molar-refractivity contribution in [3.8, 4) is 0 Å². The molecule has 0 unspecified atom stereocenters. The fraction of sp³-hybridized carbons (Fsp3) is 0.125. The van der Waals surface area contributed by atoms with Gasteiger partial charge in [0.1, 0.15) is 0 Å². The number of rotatable bonds is 1. The first-order valence-electron chi connectivity index (χ1n) is 2.96. The number of carbonyl (C=O) groups excluding carboxylic acids is 1. The third-order valence-corrected chi connectivity index (χ3v) is 1.50. The molecule has 1 aromatic carbocycles. The molecule has 0 aliphatic heterocycles. The Bertz CT molecular complexity index is 238. The first-order valence-corrected chi connectivity index (χ1v) is 3.34. The first-order chi connectivity index (χ1) is 4.70. The van der Waals surface area contributed by atoms with E-state index in [1.165, 1.54) is 0 Å². The van der Waals surface area contributed by atoms with Crippen molar-refractivity contribution in [1.29, 1.82) is 0 Å². The maximum Gasteiger partial charge on any atom is 0.252 e. The average molecular weight is 156 g/mol. The number of carbonyl (C=O) groups is 1. The Morgan fingerprint density at radius 2 is 1.80 bits per heavy atom. The summed E-state index contributed by atoms with van der Waals surface area (Å²) < 4.78 is 0. The fourth-order valence-corrected chi connectivity index (χ4v) is 0.811. The summed E-state index contributed by atoms with van der Waals surface area (Å²) in [6.07, 6.45) is 0. The maximum absolute atomic E-state index is 10.5. The second-order valence-corrected chi connectivity index (χ2v) is 2.48. The lowest BCUT2D eigenvalue weighted by Crippen LogP contribution is -1.86. The van der Waals surface area contributed by atoms with Gasteiger partial charge in [-0.25, -0.2) is 0 Å². The summed E-state index contributed by atoms with van der Waals surface area (Å²) >= 11 is 5.22. The zero-order valence-electron chi connectivity index (χ0n) is 5.60. The van der Waals surface area contributed by atoms with Crippen LogP contribution in [0, 0.1) is 6.92 Å². The molecule has 1 rings (SSSR count). The molecule has 0 saturated carbocycles. The van der Waals surface area contributed by atoms with Crippen LogP contribution >= 0.6 is 11.6 Å². The summed E-state index contributed by atoms with van der Waals surface area (Å²) in [6.45, 7) is 1.96. The highest BCUT2D eigenvalue weighted by molar-refractivity contribution is 6.67. The predicted molar refractivity (Wildman–Crippen MR) is 41.4 cm³/mol. The van der Waals surface area contributed by atoms with E-state index in [0.717, 1.165) is 5.56 Å². The summed E-state index contributed by atoms with van der Waals surface area (Å²) in [7, 11) is 0. The Morgan fingerprint density at radius 3 is 2.20 bits per heavy atom. The molecule has 0 atom stereocenters. The summed E-state index contributed by atoms with van der Waals surface area (Å²) in [5.74, 6) is 0. The van der Waals surface area contributed by atoms with E-state index < -0.39 is 5.24 Å². The van der Waals surface area contributed by atoms with Crippen molar-refractivity contribution in [2.24, 2.45) is 0 Å². The summed E-state index contributed by atoms with van der Waals surface area (Å²) in [4.78, 5) is 10.5. The van der Waals surface area contributed by atoms with Crippen LogP contribution < -0.4 is 0 Å². The molecule has 10 heavy (non-hydrogen) atoms. The second-order valence-electron chi connectivity index (χ2n) is 2.14. The van der Waals surface area contributed by atoms with Gasteiger partial charge >= 0.3 is 0 Å². The SMILES string of the molecule is Cc1ccc(C(=O)[37Cl])cc1. The smallest absolute Gasteiger partial charge is 0.252 e. The number of benzene rings is 1. The highest BCUT2D eigenvalue weighted by Crippen LogP contribution is 2.05. The molecule has 0 aliphatic carbocycles. The van der Waals surface area contributed by atoms with Crippen molar-refractivity contribution in [2.75, 3.05) is 0 Å². The molecular weight excluding hydrogens is 149 g/mol. The molecular formula is C8H7ClO. The van der Waals surface area contributed by atoms with Crippen molar-refractivity contribution in [3.63, 3.8) is 0 Å². The van der Waals surface area contributed by atoms with Crippen molar-refractivity contribution in [2.45, 2.75) is 6.92 Å². The van der Waals surface area contributed by atoms with Gasteiger partial charge in [-0.05, 0) is 30.7 Å². The molecule has 0 N–H and O–H groups in total. The molecule has 0 bridgehead atoms. The molecule has 1 aromatic rings. The van der Waals surface area contributed by atoms with Crippen LogP contribution in [-0.4, -0.2) is 5.24 Å². The minimum absolute atomic E-state index is 0.403. The van der Waals surface area contributed by atoms with Crippen LogP contribution in [0.5, 0.6) is 0 Å². The van der Waals surface area contributed by atoms with Gasteiger partial charge in [-0.15, -0.1) is 0 Å². The molecule has 0 fully saturated rings. The molecule has 0 spiro atoms. The average Bonchev–Trinajstić information content (AvgIpc) is 1.88. The summed E-state index contributed by atoms with van der Waals surface area (Å²) in [5, 5.41) is -0.403. The van der Waals surface area contributed by atoms with Crippen molar-refractivity contribution in [1.82, 2.24) is 0 Å². The van der Waals surface area contributed by atoms with Crippen LogP contribution in [0.25, 0.3) is 0 Å². The van der Waals surface area contributed by atoms with Gasteiger partial charge in [-0.2, -0.15) is 0 Å². The Balaban J connectivity index is 3.00. The van der Waals surface area contributed by atoms with Crippen LogP contribution in [0.4, 0.5) is 0 Å². The van der Waals surface area contributed by atoms with E-state index in [1.54, 1.807) is 12.1 Å². The lowest BCUT2D eigenvalue weighted by atomic mass is 10.2. The van der Waals surface area contributed by atoms with Gasteiger partial charge in [0.25, 0.3) is 5.24 Å². The Hall–Kier alpha value is -0.820. The quantitative estimate of drug-likeness (QED) is 0.570. The van der Waals surface area contributed by atoms with Crippen LogP contribution in [0.1, 0.15) is 15.9 Å². The molecule has 0 heterocycles. The first kappa shape index (κ1) is 7.29. The van der Waals surface area contributed by atoms with E-state index in [0.29, 0.717) is 5.56 Å². The van der Waals surface area contributed by atoms with Gasteiger partial charge in [0.05, 0.1) is 0 Å². The van der Waals surface area contributed by atoms with E-state index in [2.05, 4.69) is 0 Å². The number of hydrogen-bond donors (Lipinski definition) is 0. The Labute approximate surface area is 64.6 Å². The molecule has 0 amide bonds. The number of hydrogen-bond acceptors (Lipinski definition) is 1. The van der Waals surface area contributed by atoms with E-state index in [4.69, 9.17) is 11.6 Å². The van der Waals surface area contributed by atoms with Crippen LogP contribution in [0.15, 0.2) is 24.3 Å². The molecule has 52 valence electrons. The fourth-order valence-electron chi connectivity index (χ4n) is 0.685. The maximum atomic E-state index is 10.5. The third kappa shape index (κ3) is 1.58. The molecule has 1 nitrogen and oxygen atoms in total. The van der Waals surface area contributed by atoms with E-state index in [1.807, 2.05) is 19.1 Å². The second kappa shape index (κ2) is 2.84. The molecule has 0 aliphatic rings. The Kier molecular flexibility index (Phi) is 2.07. The van der Waals surface area contributed by atoms with Gasteiger partial charge in [0.15, 0.2) is 0 Å². The molecule has 0 saturated heterocycles. The molecule has 0 radical (unpaired) electrons. The molecule has 0 aromatic heterocycles. The summed E-state index contributed by atoms with van der Waals surface area (Å²) in [6, 6.07) is 7.14. The Morgan fingerprint density at radius 1 is 1.30 bits per heavy atom. The van der Waals surface area contributed by atoms with Gasteiger partial charge in [0.2, 0.25) is 0 Å². The van der Waals surface area contributed by atoms with Gasteiger partial charge in [-0.3, -0.25) is 4.79 Å². The topological polar surface area (TPSA) is 17.1 Å². The van der Waals surface area contributed by atoms with Gasteiger partial charge in [0, 0.05) is 5.56 Å². The monoisotopic (exact) mass is 156 g/mol. The van der Waals surface area contributed by atoms with Crippen LogP contribution in [0.3, 0.4) is 0 Å². The van der Waals surface area contributed by atoms with Crippen LogP contribution in [0.2, 0.25) is 0 Å². The number of aryl methyl sites for hydroxylation is 1. The normalized spacial score (nSPS) is 9.40. The van der Waals surface area contributed by atoms with E-state index in [-0.39, 0.29) is 0 Å². The van der Waals surface area contributed by atoms with Gasteiger partial charge < -0.3 is 0 Å². The molecule has 2 heteroatoms. The summed E-state index contributed by atoms with van der Waals surface area (Å²) in [5.41, 5.74) is 1.67. The third-order valence-electron chi connectivity index (χ3n) is 1.28. The van der Waals surface area contributed by atoms with Crippen molar-refractivity contribution < 1.29 is 4.79 Å². The lowest BCUT2D eigenvalue weighted by Gasteiger charge is -1.92. The van der Waals surface area contributed by atoms with Gasteiger partial charge in [-0.1, -0.05) is 17.7 Å². The standard InChI is InChI=1S/C8H7ClO/c1-6-2-4-7(5-3-6)8(9)10/h2-5H,1H3/i9+2.